The van der Waals surface area contributed by atoms with Crippen molar-refractivity contribution in [2.75, 3.05) is 13.1 Å². The third-order valence-corrected chi connectivity index (χ3v) is 5.52. The maximum Gasteiger partial charge on any atom is 0.226 e. The standard InChI is InChI=1S/C20H22N4O/c21-12-14-5-3-8-16(11-14)19-22-13-17(23-19)18-9-1-2-10-24(18)20(25)15-6-4-7-15/h3,5,8,11,15,18H,1-2,4,6-7,9-10,13H2. The van der Waals surface area contributed by atoms with Gasteiger partial charge < -0.3 is 4.90 Å². The fourth-order valence-corrected chi connectivity index (χ4v) is 3.86. The van der Waals surface area contributed by atoms with Crippen molar-refractivity contribution < 1.29 is 4.79 Å². The lowest BCUT2D eigenvalue weighted by Gasteiger charge is -2.39. The smallest absolute Gasteiger partial charge is 0.226 e. The molecule has 0 N–H and O–H groups in total. The van der Waals surface area contributed by atoms with Crippen LogP contribution in [0.5, 0.6) is 0 Å². The second kappa shape index (κ2) is 6.79. The van der Waals surface area contributed by atoms with Crippen molar-refractivity contribution in [3.63, 3.8) is 0 Å². The summed E-state index contributed by atoms with van der Waals surface area (Å²) in [5.74, 6) is 1.24. The van der Waals surface area contributed by atoms with Crippen molar-refractivity contribution >= 4 is 17.5 Å². The largest absolute Gasteiger partial charge is 0.334 e. The zero-order valence-electron chi connectivity index (χ0n) is 14.3. The van der Waals surface area contributed by atoms with Gasteiger partial charge in [-0.2, -0.15) is 5.26 Å². The topological polar surface area (TPSA) is 68.8 Å². The number of carbonyl (C=O) groups is 1. The van der Waals surface area contributed by atoms with Crippen LogP contribution < -0.4 is 0 Å². The molecule has 0 spiro atoms. The number of nitriles is 1. The molecule has 1 saturated carbocycles. The Balaban J connectivity index is 1.54. The van der Waals surface area contributed by atoms with Gasteiger partial charge in [-0.1, -0.05) is 18.6 Å². The van der Waals surface area contributed by atoms with Crippen LogP contribution in [0.25, 0.3) is 0 Å². The van der Waals surface area contributed by atoms with E-state index in [0.717, 1.165) is 49.9 Å². The molecule has 5 nitrogen and oxygen atoms in total. The third-order valence-electron chi connectivity index (χ3n) is 5.52. The van der Waals surface area contributed by atoms with E-state index in [1.807, 2.05) is 18.2 Å². The van der Waals surface area contributed by atoms with Gasteiger partial charge in [-0.05, 0) is 44.2 Å². The predicted octanol–water partition coefficient (Wildman–Crippen LogP) is 2.94. The molecular formula is C20H22N4O. The Hall–Kier alpha value is -2.48. The number of hydrogen-bond donors (Lipinski definition) is 0. The summed E-state index contributed by atoms with van der Waals surface area (Å²) in [5, 5.41) is 9.07. The molecule has 0 radical (unpaired) electrons. The summed E-state index contributed by atoms with van der Waals surface area (Å²) in [4.78, 5) is 24.2. The molecule has 2 heterocycles. The van der Waals surface area contributed by atoms with Crippen LogP contribution in [-0.4, -0.2) is 41.5 Å². The van der Waals surface area contributed by atoms with Gasteiger partial charge in [0.1, 0.15) is 0 Å². The molecule has 2 aliphatic heterocycles. The number of likely N-dealkylation sites (tertiary alicyclic amines) is 1. The first kappa shape index (κ1) is 16.0. The molecule has 0 bridgehead atoms. The molecule has 2 fully saturated rings. The van der Waals surface area contributed by atoms with Gasteiger partial charge in [-0.3, -0.25) is 9.79 Å². The van der Waals surface area contributed by atoms with Gasteiger partial charge in [0.25, 0.3) is 0 Å². The molecule has 128 valence electrons. The molecule has 1 saturated heterocycles. The number of nitrogens with zero attached hydrogens (tertiary/aromatic N) is 4. The second-order valence-corrected chi connectivity index (χ2v) is 7.11. The van der Waals surface area contributed by atoms with E-state index in [2.05, 4.69) is 16.0 Å². The average Bonchev–Trinajstić information content (AvgIpc) is 3.10. The molecule has 1 aromatic carbocycles. The lowest BCUT2D eigenvalue weighted by Crippen LogP contribution is -2.51. The van der Waals surface area contributed by atoms with Crippen molar-refractivity contribution in [2.45, 2.75) is 44.6 Å². The Morgan fingerprint density at radius 1 is 1.20 bits per heavy atom. The fraction of sp³-hybridized carbons (Fsp3) is 0.500. The number of carbonyl (C=O) groups excluding carboxylic acids is 1. The second-order valence-electron chi connectivity index (χ2n) is 7.11. The molecule has 3 aliphatic rings. The normalized spacial score (nSPS) is 23.5. The van der Waals surface area contributed by atoms with Crippen molar-refractivity contribution in [3.05, 3.63) is 35.4 Å². The predicted molar refractivity (Wildman–Crippen MR) is 96.7 cm³/mol. The minimum Gasteiger partial charge on any atom is -0.334 e. The number of hydrogen-bond acceptors (Lipinski definition) is 4. The number of amides is 1. The maximum absolute atomic E-state index is 12.8. The highest BCUT2D eigenvalue weighted by atomic mass is 16.2. The van der Waals surface area contributed by atoms with Gasteiger partial charge >= 0.3 is 0 Å². The lowest BCUT2D eigenvalue weighted by molar-refractivity contribution is -0.140. The van der Waals surface area contributed by atoms with E-state index in [4.69, 9.17) is 10.3 Å². The van der Waals surface area contributed by atoms with Crippen LogP contribution in [0.4, 0.5) is 0 Å². The van der Waals surface area contributed by atoms with Crippen molar-refractivity contribution in [1.29, 1.82) is 5.26 Å². The van der Waals surface area contributed by atoms with Gasteiger partial charge in [0.15, 0.2) is 5.84 Å². The summed E-state index contributed by atoms with van der Waals surface area (Å²) in [5.41, 5.74) is 2.50. The minimum atomic E-state index is 0.0993. The van der Waals surface area contributed by atoms with Crippen molar-refractivity contribution in [1.82, 2.24) is 4.90 Å². The summed E-state index contributed by atoms with van der Waals surface area (Å²) >= 11 is 0. The van der Waals surface area contributed by atoms with Crippen LogP contribution in [0, 0.1) is 17.2 Å². The summed E-state index contributed by atoms with van der Waals surface area (Å²) in [7, 11) is 0. The summed E-state index contributed by atoms with van der Waals surface area (Å²) < 4.78 is 0. The minimum absolute atomic E-state index is 0.0993. The van der Waals surface area contributed by atoms with E-state index < -0.39 is 0 Å². The molecule has 1 amide bonds. The molecular weight excluding hydrogens is 312 g/mol. The number of piperidine rings is 1. The zero-order valence-corrected chi connectivity index (χ0v) is 14.3. The molecule has 0 aromatic heterocycles. The van der Waals surface area contributed by atoms with Gasteiger partial charge in [0.05, 0.1) is 29.9 Å². The first-order chi connectivity index (χ1) is 12.3. The van der Waals surface area contributed by atoms with E-state index in [1.54, 1.807) is 6.07 Å². The highest BCUT2D eigenvalue weighted by molar-refractivity contribution is 6.13. The van der Waals surface area contributed by atoms with E-state index in [1.165, 1.54) is 6.42 Å². The SMILES string of the molecule is N#Cc1cccc(C2=NCC(C3CCCCN3C(=O)C3CCC3)=N2)c1. The molecule has 1 aliphatic carbocycles. The van der Waals surface area contributed by atoms with Crippen molar-refractivity contribution in [3.8, 4) is 6.07 Å². The highest BCUT2D eigenvalue weighted by Crippen LogP contribution is 2.31. The Bertz CT molecular complexity index is 785. The van der Waals surface area contributed by atoms with Crippen LogP contribution in [0.1, 0.15) is 49.7 Å². The van der Waals surface area contributed by atoms with E-state index in [0.29, 0.717) is 23.9 Å². The number of amidine groups is 1. The average molecular weight is 334 g/mol. The van der Waals surface area contributed by atoms with Gasteiger partial charge in [0.2, 0.25) is 5.91 Å². The van der Waals surface area contributed by atoms with Gasteiger partial charge in [-0.25, -0.2) is 4.99 Å². The van der Waals surface area contributed by atoms with E-state index in [9.17, 15) is 4.79 Å². The Labute approximate surface area is 148 Å². The maximum atomic E-state index is 12.8. The Morgan fingerprint density at radius 3 is 2.84 bits per heavy atom. The van der Waals surface area contributed by atoms with Gasteiger partial charge in [-0.15, -0.1) is 0 Å². The third kappa shape index (κ3) is 3.09. The van der Waals surface area contributed by atoms with Crippen LogP contribution in [0.2, 0.25) is 0 Å². The number of aliphatic imine (C=N–C) groups is 2. The lowest BCUT2D eigenvalue weighted by atomic mass is 9.83. The number of rotatable bonds is 3. The molecule has 1 unspecified atom stereocenters. The first-order valence-electron chi connectivity index (χ1n) is 9.19. The fourth-order valence-electron chi connectivity index (χ4n) is 3.86. The van der Waals surface area contributed by atoms with E-state index >= 15 is 0 Å². The quantitative estimate of drug-likeness (QED) is 0.853. The van der Waals surface area contributed by atoms with Crippen LogP contribution in [0.15, 0.2) is 34.3 Å². The van der Waals surface area contributed by atoms with Crippen LogP contribution in [-0.2, 0) is 4.79 Å². The molecule has 1 atom stereocenters. The van der Waals surface area contributed by atoms with Crippen molar-refractivity contribution in [2.24, 2.45) is 15.9 Å². The van der Waals surface area contributed by atoms with Gasteiger partial charge in [0, 0.05) is 18.0 Å². The Kier molecular flexibility index (Phi) is 4.35. The summed E-state index contributed by atoms with van der Waals surface area (Å²) in [6.45, 7) is 1.41. The van der Waals surface area contributed by atoms with Crippen LogP contribution >= 0.6 is 0 Å². The zero-order chi connectivity index (χ0) is 17.2. The van der Waals surface area contributed by atoms with E-state index in [-0.39, 0.29) is 12.0 Å². The van der Waals surface area contributed by atoms with Crippen LogP contribution in [0.3, 0.4) is 0 Å². The monoisotopic (exact) mass is 334 g/mol. The summed E-state index contributed by atoms with van der Waals surface area (Å²) in [6, 6.07) is 9.65. The number of benzene rings is 1. The highest BCUT2D eigenvalue weighted by Gasteiger charge is 2.37. The Morgan fingerprint density at radius 2 is 2.08 bits per heavy atom. The summed E-state index contributed by atoms with van der Waals surface area (Å²) in [6.07, 6.45) is 6.46. The molecule has 1 aromatic rings. The first-order valence-corrected chi connectivity index (χ1v) is 9.19. The molecule has 4 rings (SSSR count). The molecule has 5 heteroatoms. The molecule has 25 heavy (non-hydrogen) atoms.